The molecule has 6 heteroatoms. The third kappa shape index (κ3) is 2.27. The minimum atomic E-state index is -3.91. The fourth-order valence-corrected chi connectivity index (χ4v) is 3.13. The van der Waals surface area contributed by atoms with E-state index in [0.29, 0.717) is 0 Å². The van der Waals surface area contributed by atoms with Crippen LogP contribution in [0.25, 0.3) is 0 Å². The van der Waals surface area contributed by atoms with Gasteiger partial charge in [0.1, 0.15) is 16.4 Å². The van der Waals surface area contributed by atoms with Gasteiger partial charge in [0.15, 0.2) is 0 Å². The molecule has 2 rings (SSSR count). The summed E-state index contributed by atoms with van der Waals surface area (Å²) in [6.07, 6.45) is 0. The minimum absolute atomic E-state index is 0.111. The van der Waals surface area contributed by atoms with Crippen molar-refractivity contribution in [1.82, 2.24) is 0 Å². The Kier molecular flexibility index (Phi) is 3.19. The number of rotatable bonds is 2. The second kappa shape index (κ2) is 4.51. The van der Waals surface area contributed by atoms with Crippen molar-refractivity contribution in [1.29, 1.82) is 0 Å². The largest absolute Gasteiger partial charge is 0.508 e. The summed E-state index contributed by atoms with van der Waals surface area (Å²) >= 11 is 5.72. The molecular formula is C12H9ClO4S. The molecule has 0 radical (unpaired) electrons. The lowest BCUT2D eigenvalue weighted by molar-refractivity contribution is 0.458. The number of benzene rings is 2. The average molecular weight is 285 g/mol. The second-order valence-electron chi connectivity index (χ2n) is 3.61. The molecule has 2 aromatic carbocycles. The number of hydrogen-bond acceptors (Lipinski definition) is 4. The Hall–Kier alpha value is -1.72. The van der Waals surface area contributed by atoms with Crippen LogP contribution >= 0.6 is 11.6 Å². The molecular weight excluding hydrogens is 276 g/mol. The SMILES string of the molecule is O=S(=O)(c1cccc(O)c1)c1cc(Cl)ccc1O. The predicted octanol–water partition coefficient (Wildman–Crippen LogP) is 2.58. The fourth-order valence-electron chi connectivity index (χ4n) is 1.48. The average Bonchev–Trinajstić information content (AvgIpc) is 2.32. The van der Waals surface area contributed by atoms with E-state index in [4.69, 9.17) is 11.6 Å². The first-order chi connectivity index (χ1) is 8.41. The van der Waals surface area contributed by atoms with Crippen LogP contribution < -0.4 is 0 Å². The van der Waals surface area contributed by atoms with Crippen LogP contribution in [0.3, 0.4) is 0 Å². The van der Waals surface area contributed by atoms with Gasteiger partial charge in [0, 0.05) is 5.02 Å². The van der Waals surface area contributed by atoms with Crippen LogP contribution in [-0.2, 0) is 9.84 Å². The molecule has 0 spiro atoms. The van der Waals surface area contributed by atoms with E-state index in [1.54, 1.807) is 0 Å². The summed E-state index contributed by atoms with van der Waals surface area (Å²) in [7, 11) is -3.91. The highest BCUT2D eigenvalue weighted by Crippen LogP contribution is 2.31. The summed E-state index contributed by atoms with van der Waals surface area (Å²) in [5, 5.41) is 19.1. The van der Waals surface area contributed by atoms with Crippen molar-refractivity contribution in [3.05, 3.63) is 47.5 Å². The van der Waals surface area contributed by atoms with Gasteiger partial charge in [-0.05, 0) is 36.4 Å². The van der Waals surface area contributed by atoms with Crippen LogP contribution in [0.15, 0.2) is 52.3 Å². The fraction of sp³-hybridized carbons (Fsp3) is 0. The monoisotopic (exact) mass is 284 g/mol. The number of aromatic hydroxyl groups is 2. The Morgan fingerprint density at radius 1 is 1.00 bits per heavy atom. The van der Waals surface area contributed by atoms with E-state index < -0.39 is 9.84 Å². The molecule has 2 aromatic rings. The van der Waals surface area contributed by atoms with Crippen molar-refractivity contribution in [3.8, 4) is 11.5 Å². The Morgan fingerprint density at radius 3 is 2.39 bits per heavy atom. The molecule has 0 saturated carbocycles. The van der Waals surface area contributed by atoms with E-state index in [1.807, 2.05) is 0 Å². The summed E-state index contributed by atoms with van der Waals surface area (Å²) in [5.74, 6) is -0.555. The van der Waals surface area contributed by atoms with E-state index in [1.165, 1.54) is 30.3 Å². The predicted molar refractivity (Wildman–Crippen MR) is 66.7 cm³/mol. The van der Waals surface area contributed by atoms with Gasteiger partial charge in [-0.25, -0.2) is 8.42 Å². The lowest BCUT2D eigenvalue weighted by Crippen LogP contribution is -2.02. The van der Waals surface area contributed by atoms with Gasteiger partial charge in [0.05, 0.1) is 4.90 Å². The van der Waals surface area contributed by atoms with Crippen LogP contribution in [0.4, 0.5) is 0 Å². The zero-order valence-corrected chi connectivity index (χ0v) is 10.6. The Balaban J connectivity index is 2.65. The zero-order chi connectivity index (χ0) is 13.3. The summed E-state index contributed by atoms with van der Waals surface area (Å²) < 4.78 is 24.5. The number of sulfone groups is 1. The zero-order valence-electron chi connectivity index (χ0n) is 9.04. The highest BCUT2D eigenvalue weighted by atomic mass is 35.5. The number of phenols is 2. The maximum absolute atomic E-state index is 12.2. The van der Waals surface area contributed by atoms with Gasteiger partial charge in [-0.15, -0.1) is 0 Å². The van der Waals surface area contributed by atoms with Gasteiger partial charge in [0.25, 0.3) is 0 Å². The van der Waals surface area contributed by atoms with E-state index in [-0.39, 0.29) is 26.3 Å². The van der Waals surface area contributed by atoms with Gasteiger partial charge in [0.2, 0.25) is 9.84 Å². The molecule has 0 aromatic heterocycles. The molecule has 0 saturated heterocycles. The molecule has 2 N–H and O–H groups in total. The number of halogens is 1. The Labute approximate surface area is 109 Å². The first-order valence-electron chi connectivity index (χ1n) is 4.94. The van der Waals surface area contributed by atoms with Gasteiger partial charge in [-0.1, -0.05) is 17.7 Å². The normalized spacial score (nSPS) is 11.4. The molecule has 4 nitrogen and oxygen atoms in total. The van der Waals surface area contributed by atoms with E-state index >= 15 is 0 Å². The molecule has 0 heterocycles. The lowest BCUT2D eigenvalue weighted by Gasteiger charge is -2.07. The quantitative estimate of drug-likeness (QED) is 0.889. The van der Waals surface area contributed by atoms with Crippen LogP contribution in [0.2, 0.25) is 5.02 Å². The van der Waals surface area contributed by atoms with Crippen molar-refractivity contribution in [2.24, 2.45) is 0 Å². The highest BCUT2D eigenvalue weighted by Gasteiger charge is 2.22. The maximum atomic E-state index is 12.2. The van der Waals surface area contributed by atoms with Crippen LogP contribution in [-0.4, -0.2) is 18.6 Å². The van der Waals surface area contributed by atoms with Crippen LogP contribution in [0, 0.1) is 0 Å². The Morgan fingerprint density at radius 2 is 1.72 bits per heavy atom. The van der Waals surface area contributed by atoms with Crippen molar-refractivity contribution >= 4 is 21.4 Å². The van der Waals surface area contributed by atoms with Crippen molar-refractivity contribution in [2.45, 2.75) is 9.79 Å². The molecule has 0 atom stereocenters. The number of phenolic OH excluding ortho intramolecular Hbond substituents is 2. The summed E-state index contributed by atoms with van der Waals surface area (Å²) in [5.41, 5.74) is 0. The number of hydrogen-bond donors (Lipinski definition) is 2. The topological polar surface area (TPSA) is 74.6 Å². The lowest BCUT2D eigenvalue weighted by atomic mass is 10.3. The molecule has 0 bridgehead atoms. The molecule has 0 fully saturated rings. The standard InChI is InChI=1S/C12H9ClO4S/c13-8-4-5-11(15)12(6-8)18(16,17)10-3-1-2-9(14)7-10/h1-7,14-15H. The van der Waals surface area contributed by atoms with Crippen molar-refractivity contribution < 1.29 is 18.6 Å². The van der Waals surface area contributed by atoms with Gasteiger partial charge < -0.3 is 10.2 Å². The molecule has 0 aliphatic rings. The van der Waals surface area contributed by atoms with E-state index in [0.717, 1.165) is 12.1 Å². The molecule has 0 unspecified atom stereocenters. The molecule has 94 valence electrons. The highest BCUT2D eigenvalue weighted by molar-refractivity contribution is 7.91. The smallest absolute Gasteiger partial charge is 0.210 e. The van der Waals surface area contributed by atoms with Crippen molar-refractivity contribution in [3.63, 3.8) is 0 Å². The molecule has 0 aliphatic carbocycles. The first-order valence-corrected chi connectivity index (χ1v) is 6.80. The third-order valence-corrected chi connectivity index (χ3v) is 4.35. The minimum Gasteiger partial charge on any atom is -0.508 e. The van der Waals surface area contributed by atoms with Gasteiger partial charge in [-0.3, -0.25) is 0 Å². The summed E-state index contributed by atoms with van der Waals surface area (Å²) in [4.78, 5) is -0.402. The Bertz CT molecular complexity index is 695. The van der Waals surface area contributed by atoms with Crippen LogP contribution in [0.1, 0.15) is 0 Å². The van der Waals surface area contributed by atoms with Crippen molar-refractivity contribution in [2.75, 3.05) is 0 Å². The molecule has 0 amide bonds. The van der Waals surface area contributed by atoms with Crippen LogP contribution in [0.5, 0.6) is 11.5 Å². The maximum Gasteiger partial charge on any atom is 0.210 e. The van der Waals surface area contributed by atoms with Gasteiger partial charge in [-0.2, -0.15) is 0 Å². The third-order valence-electron chi connectivity index (χ3n) is 2.34. The summed E-state index contributed by atoms with van der Waals surface area (Å²) in [6, 6.07) is 8.96. The molecule has 0 aliphatic heterocycles. The first kappa shape index (κ1) is 12.7. The van der Waals surface area contributed by atoms with E-state index in [2.05, 4.69) is 0 Å². The van der Waals surface area contributed by atoms with Gasteiger partial charge >= 0.3 is 0 Å². The molecule has 18 heavy (non-hydrogen) atoms. The summed E-state index contributed by atoms with van der Waals surface area (Å²) in [6.45, 7) is 0. The van der Waals surface area contributed by atoms with E-state index in [9.17, 15) is 18.6 Å². The second-order valence-corrected chi connectivity index (χ2v) is 5.97.